The fourth-order valence-corrected chi connectivity index (χ4v) is 4.61. The summed E-state index contributed by atoms with van der Waals surface area (Å²) >= 11 is 0. The molecular weight excluding hydrogens is 410 g/mol. The van der Waals surface area contributed by atoms with Crippen LogP contribution in [-0.4, -0.2) is 33.8 Å². The van der Waals surface area contributed by atoms with Crippen molar-refractivity contribution >= 4 is 27.7 Å². The van der Waals surface area contributed by atoms with Crippen LogP contribution in [0.3, 0.4) is 0 Å². The van der Waals surface area contributed by atoms with Crippen LogP contribution in [0, 0.1) is 22.0 Å². The van der Waals surface area contributed by atoms with Crippen LogP contribution in [0.15, 0.2) is 42.5 Å². The van der Waals surface area contributed by atoms with Crippen LogP contribution >= 0.6 is 0 Å². The summed E-state index contributed by atoms with van der Waals surface area (Å²) in [5, 5.41) is 13.8. The van der Waals surface area contributed by atoms with Crippen molar-refractivity contribution in [3.05, 3.63) is 58.1 Å². The number of benzene rings is 2. The van der Waals surface area contributed by atoms with Gasteiger partial charge in [-0.2, -0.15) is 0 Å². The summed E-state index contributed by atoms with van der Waals surface area (Å²) in [5.74, 6) is -0.912. The third-order valence-corrected chi connectivity index (χ3v) is 6.14. The minimum atomic E-state index is -1.66. The topological polar surface area (TPSA) is 97.7 Å². The number of amides is 1. The lowest BCUT2D eigenvalue weighted by molar-refractivity contribution is -0.778. The number of H-pyrrole nitrogens is 1. The molecule has 1 amide bonds. The molecule has 3 rings (SSSR count). The van der Waals surface area contributed by atoms with E-state index >= 15 is 0 Å². The average Bonchev–Trinajstić information content (AvgIpc) is 3.12. The number of fused-ring (bicyclic) bond motifs is 3. The molecule has 0 spiro atoms. The molecule has 0 aliphatic carbocycles. The highest BCUT2D eigenvalue weighted by Gasteiger charge is 2.48. The van der Waals surface area contributed by atoms with E-state index in [1.807, 2.05) is 57.2 Å². The molecule has 1 heterocycles. The second-order valence-corrected chi connectivity index (χ2v) is 8.64. The lowest BCUT2D eigenvalue weighted by Gasteiger charge is -2.39. The second kappa shape index (κ2) is 9.56. The van der Waals surface area contributed by atoms with Gasteiger partial charge in [0.1, 0.15) is 0 Å². The Morgan fingerprint density at radius 3 is 2.50 bits per heavy atom. The van der Waals surface area contributed by atoms with Crippen molar-refractivity contribution in [3.8, 4) is 0 Å². The first-order chi connectivity index (χ1) is 15.2. The average molecular weight is 442 g/mol. The minimum Gasteiger partial charge on any atom is -0.355 e. The molecule has 0 aliphatic rings. The molecule has 0 saturated heterocycles. The van der Waals surface area contributed by atoms with E-state index in [0.29, 0.717) is 6.42 Å². The summed E-state index contributed by atoms with van der Waals surface area (Å²) in [6.45, 7) is 7.49. The number of nitrogens with zero attached hydrogens (tertiary/aromatic N) is 2. The molecule has 0 radical (unpaired) electrons. The Morgan fingerprint density at radius 2 is 1.88 bits per heavy atom. The first-order valence-corrected chi connectivity index (χ1v) is 10.9. The molecule has 32 heavy (non-hydrogen) atoms. The third kappa shape index (κ3) is 4.55. The number of hydrogen-bond donors (Lipinski definition) is 1. The molecule has 0 fully saturated rings. The molecule has 2 aromatic carbocycles. The van der Waals surface area contributed by atoms with Gasteiger partial charge in [-0.25, -0.2) is 5.06 Å². The van der Waals surface area contributed by atoms with E-state index in [1.54, 1.807) is 0 Å². The Kier molecular flexibility index (Phi) is 7.03. The van der Waals surface area contributed by atoms with Gasteiger partial charge >= 0.3 is 0 Å². The van der Waals surface area contributed by atoms with E-state index in [4.69, 9.17) is 9.68 Å². The monoisotopic (exact) mass is 441 g/mol. The van der Waals surface area contributed by atoms with Crippen molar-refractivity contribution in [2.45, 2.75) is 52.7 Å². The van der Waals surface area contributed by atoms with E-state index in [2.05, 4.69) is 11.1 Å². The zero-order chi connectivity index (χ0) is 23.5. The molecule has 3 aromatic rings. The second-order valence-electron chi connectivity index (χ2n) is 8.64. The summed E-state index contributed by atoms with van der Waals surface area (Å²) in [5.41, 5.74) is 1.15. The van der Waals surface area contributed by atoms with Gasteiger partial charge in [0, 0.05) is 21.8 Å². The van der Waals surface area contributed by atoms with Gasteiger partial charge in [0.05, 0.1) is 13.7 Å². The Balaban J connectivity index is 1.93. The van der Waals surface area contributed by atoms with Crippen LogP contribution in [0.25, 0.3) is 21.8 Å². The predicted octanol–water partition coefficient (Wildman–Crippen LogP) is 5.25. The first-order valence-electron chi connectivity index (χ1n) is 10.9. The van der Waals surface area contributed by atoms with Crippen LogP contribution in [0.4, 0.5) is 0 Å². The third-order valence-electron chi connectivity index (χ3n) is 6.14. The zero-order valence-electron chi connectivity index (χ0n) is 19.3. The number of nitrogens with one attached hydrogen (secondary N) is 1. The fourth-order valence-electron chi connectivity index (χ4n) is 4.61. The van der Waals surface area contributed by atoms with Crippen LogP contribution in [-0.2, 0) is 21.0 Å². The molecule has 0 aliphatic heterocycles. The van der Waals surface area contributed by atoms with Gasteiger partial charge in [0.2, 0.25) is 0 Å². The molecule has 172 valence electrons. The number of para-hydroxylation sites is 1. The molecule has 2 atom stereocenters. The number of hydrogen-bond acceptors (Lipinski definition) is 5. The van der Waals surface area contributed by atoms with Gasteiger partial charge in [0.15, 0.2) is 5.60 Å². The standard InChI is InChI=1S/C24H31N3O5/c1-6-9-20(16(2)3)24(4,32-27(29)30)23(28)26(31-5)15-17-12-13-19-18-10-7-8-11-21(18)25-22(19)14-17/h7-8,10-14,16,20,25H,6,9,15H2,1-5H3. The Bertz CT molecular complexity index is 1110. The van der Waals surface area contributed by atoms with Crippen LogP contribution in [0.1, 0.15) is 46.1 Å². The van der Waals surface area contributed by atoms with E-state index < -0.39 is 16.6 Å². The summed E-state index contributed by atoms with van der Waals surface area (Å²) in [6.07, 6.45) is 1.39. The van der Waals surface area contributed by atoms with Gasteiger partial charge in [-0.1, -0.05) is 57.5 Å². The van der Waals surface area contributed by atoms with E-state index in [1.165, 1.54) is 14.0 Å². The lowest BCUT2D eigenvalue weighted by Crippen LogP contribution is -2.55. The lowest BCUT2D eigenvalue weighted by atomic mass is 9.77. The van der Waals surface area contributed by atoms with E-state index in [9.17, 15) is 14.9 Å². The number of hydroxylamine groups is 2. The van der Waals surface area contributed by atoms with Crippen molar-refractivity contribution in [1.82, 2.24) is 10.0 Å². The van der Waals surface area contributed by atoms with Gasteiger partial charge in [-0.05, 0) is 42.9 Å². The highest BCUT2D eigenvalue weighted by molar-refractivity contribution is 6.07. The van der Waals surface area contributed by atoms with Gasteiger partial charge in [0.25, 0.3) is 11.0 Å². The Morgan fingerprint density at radius 1 is 1.19 bits per heavy atom. The molecule has 1 N–H and O–H groups in total. The fraction of sp³-hybridized carbons (Fsp3) is 0.458. The molecule has 8 heteroatoms. The van der Waals surface area contributed by atoms with Crippen LogP contribution in [0.5, 0.6) is 0 Å². The maximum Gasteiger partial charge on any atom is 0.295 e. The van der Waals surface area contributed by atoms with Crippen molar-refractivity contribution in [2.75, 3.05) is 7.11 Å². The quantitative estimate of drug-likeness (QED) is 0.342. The van der Waals surface area contributed by atoms with Crippen molar-refractivity contribution < 1.29 is 19.6 Å². The minimum absolute atomic E-state index is 0.00487. The Labute approximate surface area is 187 Å². The number of carbonyl (C=O) groups excluding carboxylic acids is 1. The van der Waals surface area contributed by atoms with E-state index in [-0.39, 0.29) is 18.4 Å². The number of rotatable bonds is 10. The Hall–Kier alpha value is -3.13. The SMILES string of the molecule is CCCC(C(C)C)C(C)(O[N+](=O)[O-])C(=O)N(Cc1ccc2c(c1)[nH]c1ccccc12)OC. The normalized spacial score (nSPS) is 14.4. The first kappa shape index (κ1) is 23.5. The molecule has 0 bridgehead atoms. The zero-order valence-corrected chi connectivity index (χ0v) is 19.3. The summed E-state index contributed by atoms with van der Waals surface area (Å²) in [7, 11) is 1.39. The van der Waals surface area contributed by atoms with Gasteiger partial charge in [-0.3, -0.25) is 14.5 Å². The van der Waals surface area contributed by atoms with Crippen molar-refractivity contribution in [1.29, 1.82) is 0 Å². The smallest absolute Gasteiger partial charge is 0.295 e. The largest absolute Gasteiger partial charge is 0.355 e. The number of aromatic nitrogens is 1. The van der Waals surface area contributed by atoms with Crippen molar-refractivity contribution in [3.63, 3.8) is 0 Å². The van der Waals surface area contributed by atoms with Crippen molar-refractivity contribution in [2.24, 2.45) is 11.8 Å². The summed E-state index contributed by atoms with van der Waals surface area (Å²) < 4.78 is 0. The highest BCUT2D eigenvalue weighted by Crippen LogP contribution is 2.35. The summed E-state index contributed by atoms with van der Waals surface area (Å²) in [4.78, 5) is 38.7. The molecule has 0 saturated carbocycles. The summed E-state index contributed by atoms with van der Waals surface area (Å²) in [6, 6.07) is 13.9. The number of carbonyl (C=O) groups is 1. The van der Waals surface area contributed by atoms with E-state index in [0.717, 1.165) is 38.9 Å². The van der Waals surface area contributed by atoms with Gasteiger partial charge in [-0.15, -0.1) is 10.1 Å². The van der Waals surface area contributed by atoms with Crippen LogP contribution < -0.4 is 0 Å². The molecular formula is C24H31N3O5. The maximum absolute atomic E-state index is 13.5. The molecule has 2 unspecified atom stereocenters. The number of aromatic amines is 1. The maximum atomic E-state index is 13.5. The van der Waals surface area contributed by atoms with Gasteiger partial charge < -0.3 is 4.98 Å². The van der Waals surface area contributed by atoms with Crippen LogP contribution in [0.2, 0.25) is 0 Å². The molecule has 1 aromatic heterocycles. The highest BCUT2D eigenvalue weighted by atomic mass is 17.0. The molecule has 8 nitrogen and oxygen atoms in total. The predicted molar refractivity (Wildman–Crippen MR) is 123 cm³/mol.